The summed E-state index contributed by atoms with van der Waals surface area (Å²) >= 11 is 3.43. The monoisotopic (exact) mass is 331 g/mol. The number of hydrogen-bond acceptors (Lipinski definition) is 3. The Labute approximate surface area is 126 Å². The molecule has 1 N–H and O–H groups in total. The fourth-order valence-electron chi connectivity index (χ4n) is 2.36. The highest BCUT2D eigenvalue weighted by Gasteiger charge is 2.20. The largest absolute Gasteiger partial charge is 0.340 e. The fourth-order valence-corrected chi connectivity index (χ4v) is 2.69. The summed E-state index contributed by atoms with van der Waals surface area (Å²) in [6, 6.07) is 9.85. The molecule has 1 aliphatic heterocycles. The molecule has 0 spiro atoms. The Hall–Kier alpha value is -1.88. The third kappa shape index (κ3) is 2.54. The van der Waals surface area contributed by atoms with E-state index in [0.717, 1.165) is 28.1 Å². The topological polar surface area (TPSA) is 45.2 Å². The number of benzene rings is 1. The second-order valence-corrected chi connectivity index (χ2v) is 5.70. The van der Waals surface area contributed by atoms with Crippen LogP contribution in [0.2, 0.25) is 0 Å². The molecule has 0 bridgehead atoms. The molecule has 1 aromatic heterocycles. The highest BCUT2D eigenvalue weighted by molar-refractivity contribution is 9.10. The summed E-state index contributed by atoms with van der Waals surface area (Å²) in [5.74, 6) is 0.964. The molecule has 5 heteroatoms. The van der Waals surface area contributed by atoms with Gasteiger partial charge < -0.3 is 10.2 Å². The molecular formula is C15H14BrN3O. The van der Waals surface area contributed by atoms with Crippen LogP contribution in [0.1, 0.15) is 12.0 Å². The van der Waals surface area contributed by atoms with Gasteiger partial charge >= 0.3 is 0 Å². The molecule has 0 unspecified atom stereocenters. The van der Waals surface area contributed by atoms with E-state index in [1.54, 1.807) is 11.1 Å². The molecule has 1 aromatic carbocycles. The molecule has 0 radical (unpaired) electrons. The number of halogens is 1. The van der Waals surface area contributed by atoms with Gasteiger partial charge in [0.15, 0.2) is 0 Å². The van der Waals surface area contributed by atoms with Crippen molar-refractivity contribution in [3.05, 3.63) is 46.6 Å². The van der Waals surface area contributed by atoms with Crippen LogP contribution in [0.4, 0.5) is 17.2 Å². The van der Waals surface area contributed by atoms with Crippen LogP contribution < -0.4 is 10.2 Å². The smallest absolute Gasteiger partial charge is 0.227 e. The lowest BCUT2D eigenvalue weighted by Gasteiger charge is -2.26. The summed E-state index contributed by atoms with van der Waals surface area (Å²) in [6.45, 7) is 0. The Morgan fingerprint density at radius 1 is 1.25 bits per heavy atom. The van der Waals surface area contributed by atoms with Gasteiger partial charge in [-0.3, -0.25) is 4.79 Å². The number of pyridine rings is 1. The molecule has 4 nitrogen and oxygen atoms in total. The fraction of sp³-hybridized carbons (Fsp3) is 0.200. The van der Waals surface area contributed by atoms with Crippen molar-refractivity contribution in [1.82, 2.24) is 4.98 Å². The summed E-state index contributed by atoms with van der Waals surface area (Å²) in [5, 5.41) is 3.28. The van der Waals surface area contributed by atoms with E-state index in [9.17, 15) is 4.79 Å². The lowest BCUT2D eigenvalue weighted by atomic mass is 10.0. The Kier molecular flexibility index (Phi) is 3.44. The number of anilines is 3. The van der Waals surface area contributed by atoms with Gasteiger partial charge in [0.1, 0.15) is 5.82 Å². The molecule has 1 amide bonds. The van der Waals surface area contributed by atoms with E-state index in [4.69, 9.17) is 0 Å². The van der Waals surface area contributed by atoms with Crippen molar-refractivity contribution in [1.29, 1.82) is 0 Å². The first kappa shape index (κ1) is 13.1. The van der Waals surface area contributed by atoms with Gasteiger partial charge in [-0.25, -0.2) is 4.98 Å². The summed E-state index contributed by atoms with van der Waals surface area (Å²) in [5.41, 5.74) is 3.16. The number of aromatic nitrogens is 1. The predicted molar refractivity (Wildman–Crippen MR) is 83.4 cm³/mol. The Morgan fingerprint density at radius 2 is 2.10 bits per heavy atom. The van der Waals surface area contributed by atoms with E-state index < -0.39 is 0 Å². The lowest BCUT2D eigenvalue weighted by molar-refractivity contribution is -0.118. The normalized spacial score (nSPS) is 14.1. The number of carbonyl (C=O) groups excluding carboxylic acids is 1. The molecule has 0 saturated carbocycles. The Bertz CT molecular complexity index is 672. The third-order valence-corrected chi connectivity index (χ3v) is 3.91. The number of nitrogens with one attached hydrogen (secondary N) is 1. The third-order valence-electron chi connectivity index (χ3n) is 3.42. The minimum Gasteiger partial charge on any atom is -0.340 e. The molecule has 0 atom stereocenters. The van der Waals surface area contributed by atoms with Crippen LogP contribution >= 0.6 is 15.9 Å². The standard InChI is InChI=1S/C15H14BrN3O/c1-19-13-4-3-12(8-10(13)2-5-15(19)20)18-14-9-11(16)6-7-17-14/h3-4,6-9H,2,5H2,1H3,(H,17,18). The van der Waals surface area contributed by atoms with Crippen LogP contribution in [0.5, 0.6) is 0 Å². The number of amides is 1. The number of fused-ring (bicyclic) bond motifs is 1. The van der Waals surface area contributed by atoms with E-state index in [2.05, 4.69) is 32.3 Å². The van der Waals surface area contributed by atoms with E-state index in [0.29, 0.717) is 6.42 Å². The minimum absolute atomic E-state index is 0.173. The Balaban J connectivity index is 1.88. The summed E-state index contributed by atoms with van der Waals surface area (Å²) in [6.07, 6.45) is 3.11. The maximum atomic E-state index is 11.7. The van der Waals surface area contributed by atoms with Gasteiger partial charge in [0.2, 0.25) is 5.91 Å². The number of aryl methyl sites for hydroxylation is 1. The van der Waals surface area contributed by atoms with Crippen LogP contribution in [0, 0.1) is 0 Å². The number of hydrogen-bond donors (Lipinski definition) is 1. The molecule has 0 saturated heterocycles. The second-order valence-electron chi connectivity index (χ2n) is 4.78. The van der Waals surface area contributed by atoms with Gasteiger partial charge in [0.05, 0.1) is 0 Å². The van der Waals surface area contributed by atoms with E-state index >= 15 is 0 Å². The quantitative estimate of drug-likeness (QED) is 0.916. The van der Waals surface area contributed by atoms with Crippen molar-refractivity contribution in [2.45, 2.75) is 12.8 Å². The average Bonchev–Trinajstić information content (AvgIpc) is 2.43. The van der Waals surface area contributed by atoms with Crippen LogP contribution in [0.3, 0.4) is 0 Å². The van der Waals surface area contributed by atoms with Crippen molar-refractivity contribution in [3.8, 4) is 0 Å². The maximum absolute atomic E-state index is 11.7. The molecule has 2 aromatic rings. The van der Waals surface area contributed by atoms with Gasteiger partial charge in [-0.15, -0.1) is 0 Å². The number of rotatable bonds is 2. The van der Waals surface area contributed by atoms with Crippen LogP contribution in [0.15, 0.2) is 41.0 Å². The van der Waals surface area contributed by atoms with Crippen LogP contribution in [-0.4, -0.2) is 17.9 Å². The zero-order valence-corrected chi connectivity index (χ0v) is 12.6. The minimum atomic E-state index is 0.173. The van der Waals surface area contributed by atoms with Crippen molar-refractivity contribution < 1.29 is 4.79 Å². The molecule has 0 aliphatic carbocycles. The van der Waals surface area contributed by atoms with Crippen molar-refractivity contribution in [2.75, 3.05) is 17.3 Å². The second kappa shape index (κ2) is 5.25. The van der Waals surface area contributed by atoms with Crippen LogP contribution in [0.25, 0.3) is 0 Å². The molecule has 102 valence electrons. The van der Waals surface area contributed by atoms with Gasteiger partial charge in [-0.2, -0.15) is 0 Å². The predicted octanol–water partition coefficient (Wildman–Crippen LogP) is 3.50. The van der Waals surface area contributed by atoms with E-state index in [1.807, 2.05) is 31.3 Å². The number of carbonyl (C=O) groups is 1. The number of nitrogens with zero attached hydrogens (tertiary/aromatic N) is 2. The molecule has 3 rings (SSSR count). The zero-order chi connectivity index (χ0) is 14.1. The van der Waals surface area contributed by atoms with E-state index in [1.165, 1.54) is 5.56 Å². The van der Waals surface area contributed by atoms with Gasteiger partial charge in [-0.1, -0.05) is 15.9 Å². The van der Waals surface area contributed by atoms with Crippen molar-refractivity contribution >= 4 is 39.0 Å². The lowest BCUT2D eigenvalue weighted by Crippen LogP contribution is -2.31. The molecule has 0 fully saturated rings. The highest BCUT2D eigenvalue weighted by atomic mass is 79.9. The highest BCUT2D eigenvalue weighted by Crippen LogP contribution is 2.30. The molecule has 2 heterocycles. The van der Waals surface area contributed by atoms with Gasteiger partial charge in [0.25, 0.3) is 0 Å². The van der Waals surface area contributed by atoms with Gasteiger partial charge in [0, 0.05) is 35.5 Å². The zero-order valence-electron chi connectivity index (χ0n) is 11.1. The summed E-state index contributed by atoms with van der Waals surface area (Å²) in [4.78, 5) is 17.7. The average molecular weight is 332 g/mol. The van der Waals surface area contributed by atoms with Crippen LogP contribution in [-0.2, 0) is 11.2 Å². The summed E-state index contributed by atoms with van der Waals surface area (Å²) < 4.78 is 0.985. The Morgan fingerprint density at radius 3 is 2.90 bits per heavy atom. The van der Waals surface area contributed by atoms with Crippen molar-refractivity contribution in [3.63, 3.8) is 0 Å². The SMILES string of the molecule is CN1C(=O)CCc2cc(Nc3cc(Br)ccn3)ccc21. The summed E-state index contributed by atoms with van der Waals surface area (Å²) in [7, 11) is 1.82. The van der Waals surface area contributed by atoms with Gasteiger partial charge in [-0.05, 0) is 42.3 Å². The molecule has 1 aliphatic rings. The van der Waals surface area contributed by atoms with Crippen molar-refractivity contribution in [2.24, 2.45) is 0 Å². The molecular weight excluding hydrogens is 318 g/mol. The first-order valence-corrected chi connectivity index (χ1v) is 7.21. The maximum Gasteiger partial charge on any atom is 0.227 e. The first-order valence-electron chi connectivity index (χ1n) is 6.41. The molecule has 20 heavy (non-hydrogen) atoms. The van der Waals surface area contributed by atoms with E-state index in [-0.39, 0.29) is 5.91 Å². The first-order chi connectivity index (χ1) is 9.63.